The van der Waals surface area contributed by atoms with Crippen molar-refractivity contribution in [3.05, 3.63) is 65.0 Å². The molecule has 1 amide bonds. The van der Waals surface area contributed by atoms with Crippen LogP contribution in [0.25, 0.3) is 10.9 Å². The molecule has 0 spiro atoms. The number of fused-ring (bicyclic) bond motifs is 1. The fraction of sp³-hybridized carbons (Fsp3) is 0.348. The standard InChI is InChI=1S/C23H26N4O2/c1-15-4-6-21-19(10-15)11-20(17(3)26-21)23(28)25-13-18-5-7-22(24-12-18)27-8-9-29-16(2)14-27/h4-7,10-12,16H,8-9,13-14H2,1-3H3,(H,25,28)/t16-/m1/s1. The van der Waals surface area contributed by atoms with Crippen LogP contribution >= 0.6 is 0 Å². The zero-order valence-electron chi connectivity index (χ0n) is 17.1. The molecule has 0 unspecified atom stereocenters. The van der Waals surface area contributed by atoms with E-state index in [2.05, 4.69) is 27.1 Å². The lowest BCUT2D eigenvalue weighted by atomic mass is 10.1. The maximum Gasteiger partial charge on any atom is 0.253 e. The zero-order valence-corrected chi connectivity index (χ0v) is 17.1. The fourth-order valence-electron chi connectivity index (χ4n) is 3.63. The Hall–Kier alpha value is -2.99. The summed E-state index contributed by atoms with van der Waals surface area (Å²) in [6, 6.07) is 12.0. The summed E-state index contributed by atoms with van der Waals surface area (Å²) in [6.07, 6.45) is 2.04. The number of amides is 1. The molecule has 0 bridgehead atoms. The van der Waals surface area contributed by atoms with Gasteiger partial charge in [0, 0.05) is 31.2 Å². The van der Waals surface area contributed by atoms with Crippen LogP contribution in [0.15, 0.2) is 42.6 Å². The number of nitrogens with one attached hydrogen (secondary N) is 1. The second-order valence-electron chi connectivity index (χ2n) is 7.65. The number of morpholine rings is 1. The van der Waals surface area contributed by atoms with Crippen molar-refractivity contribution in [2.45, 2.75) is 33.4 Å². The number of rotatable bonds is 4. The van der Waals surface area contributed by atoms with Crippen molar-refractivity contribution >= 4 is 22.6 Å². The Bertz CT molecular complexity index is 1030. The largest absolute Gasteiger partial charge is 0.375 e. The Kier molecular flexibility index (Phi) is 5.45. The van der Waals surface area contributed by atoms with Crippen LogP contribution in [-0.2, 0) is 11.3 Å². The van der Waals surface area contributed by atoms with Gasteiger partial charge in [-0.2, -0.15) is 0 Å². The molecule has 0 saturated carbocycles. The molecule has 3 heterocycles. The summed E-state index contributed by atoms with van der Waals surface area (Å²) in [6.45, 7) is 8.82. The number of hydrogen-bond donors (Lipinski definition) is 1. The molecular formula is C23H26N4O2. The van der Waals surface area contributed by atoms with Crippen LogP contribution in [0.1, 0.15) is 34.1 Å². The lowest BCUT2D eigenvalue weighted by Gasteiger charge is -2.32. The minimum atomic E-state index is -0.121. The van der Waals surface area contributed by atoms with Gasteiger partial charge in [-0.05, 0) is 50.6 Å². The number of hydrogen-bond acceptors (Lipinski definition) is 5. The van der Waals surface area contributed by atoms with Gasteiger partial charge in [0.2, 0.25) is 0 Å². The van der Waals surface area contributed by atoms with Crippen molar-refractivity contribution in [2.75, 3.05) is 24.6 Å². The minimum Gasteiger partial charge on any atom is -0.375 e. The molecule has 1 N–H and O–H groups in total. The van der Waals surface area contributed by atoms with Crippen LogP contribution in [0.4, 0.5) is 5.82 Å². The highest BCUT2D eigenvalue weighted by Gasteiger charge is 2.18. The first-order valence-corrected chi connectivity index (χ1v) is 9.97. The Morgan fingerprint density at radius 3 is 2.86 bits per heavy atom. The van der Waals surface area contributed by atoms with E-state index in [1.165, 1.54) is 0 Å². The number of benzene rings is 1. The Labute approximate surface area is 170 Å². The highest BCUT2D eigenvalue weighted by Crippen LogP contribution is 2.19. The molecule has 1 aliphatic heterocycles. The second-order valence-corrected chi connectivity index (χ2v) is 7.65. The van der Waals surface area contributed by atoms with E-state index in [0.29, 0.717) is 12.1 Å². The predicted molar refractivity (Wildman–Crippen MR) is 114 cm³/mol. The first kappa shape index (κ1) is 19.3. The molecule has 1 saturated heterocycles. The number of anilines is 1. The normalized spacial score (nSPS) is 16.8. The maximum absolute atomic E-state index is 12.7. The molecule has 1 atom stereocenters. The van der Waals surface area contributed by atoms with E-state index in [4.69, 9.17) is 4.74 Å². The Morgan fingerprint density at radius 2 is 2.10 bits per heavy atom. The molecule has 4 rings (SSSR count). The monoisotopic (exact) mass is 390 g/mol. The molecule has 6 heteroatoms. The predicted octanol–water partition coefficient (Wildman–Crippen LogP) is 3.40. The SMILES string of the molecule is Cc1ccc2nc(C)c(C(=O)NCc3ccc(N4CCO[C@H](C)C4)nc3)cc2c1. The number of aromatic nitrogens is 2. The number of pyridine rings is 2. The van der Waals surface area contributed by atoms with Gasteiger partial charge in [-0.25, -0.2) is 4.98 Å². The number of aryl methyl sites for hydroxylation is 2. The highest BCUT2D eigenvalue weighted by atomic mass is 16.5. The van der Waals surface area contributed by atoms with Gasteiger partial charge in [0.05, 0.1) is 29.5 Å². The van der Waals surface area contributed by atoms with Crippen molar-refractivity contribution < 1.29 is 9.53 Å². The first-order valence-electron chi connectivity index (χ1n) is 9.97. The van der Waals surface area contributed by atoms with Crippen molar-refractivity contribution in [1.82, 2.24) is 15.3 Å². The molecule has 3 aromatic rings. The van der Waals surface area contributed by atoms with Gasteiger partial charge in [-0.1, -0.05) is 17.7 Å². The quantitative estimate of drug-likeness (QED) is 0.740. The second kappa shape index (κ2) is 8.17. The Morgan fingerprint density at radius 1 is 1.24 bits per heavy atom. The molecule has 1 aliphatic rings. The third-order valence-electron chi connectivity index (χ3n) is 5.23. The number of nitrogens with zero attached hydrogens (tertiary/aromatic N) is 3. The molecule has 0 radical (unpaired) electrons. The Balaban J connectivity index is 1.43. The van der Waals surface area contributed by atoms with Gasteiger partial charge in [0.15, 0.2) is 0 Å². The van der Waals surface area contributed by atoms with Crippen LogP contribution in [0.5, 0.6) is 0 Å². The summed E-state index contributed by atoms with van der Waals surface area (Å²) in [4.78, 5) is 24.1. The van der Waals surface area contributed by atoms with Crippen molar-refractivity contribution in [1.29, 1.82) is 0 Å². The summed E-state index contributed by atoms with van der Waals surface area (Å²) in [5, 5.41) is 3.97. The molecule has 2 aromatic heterocycles. The molecule has 29 heavy (non-hydrogen) atoms. The summed E-state index contributed by atoms with van der Waals surface area (Å²) < 4.78 is 5.58. The van der Waals surface area contributed by atoms with Crippen LogP contribution in [-0.4, -0.2) is 41.7 Å². The van der Waals surface area contributed by atoms with E-state index < -0.39 is 0 Å². The highest BCUT2D eigenvalue weighted by molar-refractivity contribution is 5.98. The minimum absolute atomic E-state index is 0.121. The van der Waals surface area contributed by atoms with Crippen molar-refractivity contribution in [2.24, 2.45) is 0 Å². The molecule has 1 fully saturated rings. The van der Waals surface area contributed by atoms with Gasteiger partial charge in [0.25, 0.3) is 5.91 Å². The zero-order chi connectivity index (χ0) is 20.4. The van der Waals surface area contributed by atoms with Gasteiger partial charge < -0.3 is 15.0 Å². The number of ether oxygens (including phenoxy) is 1. The topological polar surface area (TPSA) is 67.4 Å². The van der Waals surface area contributed by atoms with Gasteiger partial charge >= 0.3 is 0 Å². The average molecular weight is 390 g/mol. The maximum atomic E-state index is 12.7. The van der Waals surface area contributed by atoms with Crippen LogP contribution in [0, 0.1) is 13.8 Å². The van der Waals surface area contributed by atoms with Crippen molar-refractivity contribution in [3.8, 4) is 0 Å². The smallest absolute Gasteiger partial charge is 0.253 e. The van der Waals surface area contributed by atoms with Gasteiger partial charge in [-0.15, -0.1) is 0 Å². The van der Waals surface area contributed by atoms with E-state index in [1.54, 1.807) is 0 Å². The van der Waals surface area contributed by atoms with Crippen LogP contribution < -0.4 is 10.2 Å². The van der Waals surface area contributed by atoms with E-state index in [0.717, 1.165) is 53.2 Å². The van der Waals surface area contributed by atoms with E-state index in [-0.39, 0.29) is 12.0 Å². The average Bonchev–Trinajstić information content (AvgIpc) is 2.72. The first-order chi connectivity index (χ1) is 14.0. The third-order valence-corrected chi connectivity index (χ3v) is 5.23. The summed E-state index contributed by atoms with van der Waals surface area (Å²) in [5.41, 5.74) is 4.35. The third kappa shape index (κ3) is 4.38. The van der Waals surface area contributed by atoms with Gasteiger partial charge in [0.1, 0.15) is 5.82 Å². The van der Waals surface area contributed by atoms with Crippen molar-refractivity contribution in [3.63, 3.8) is 0 Å². The summed E-state index contributed by atoms with van der Waals surface area (Å²) >= 11 is 0. The molecule has 150 valence electrons. The van der Waals surface area contributed by atoms with Crippen LogP contribution in [0.3, 0.4) is 0 Å². The van der Waals surface area contributed by atoms with Gasteiger partial charge in [-0.3, -0.25) is 9.78 Å². The van der Waals surface area contributed by atoms with E-state index in [1.807, 2.05) is 56.4 Å². The molecular weight excluding hydrogens is 364 g/mol. The lowest BCUT2D eigenvalue weighted by molar-refractivity contribution is 0.0529. The van der Waals surface area contributed by atoms with E-state index >= 15 is 0 Å². The summed E-state index contributed by atoms with van der Waals surface area (Å²) in [5.74, 6) is 0.824. The lowest BCUT2D eigenvalue weighted by Crippen LogP contribution is -2.41. The number of carbonyl (C=O) groups excluding carboxylic acids is 1. The fourth-order valence-corrected chi connectivity index (χ4v) is 3.63. The molecule has 1 aromatic carbocycles. The van der Waals surface area contributed by atoms with Crippen LogP contribution in [0.2, 0.25) is 0 Å². The van der Waals surface area contributed by atoms with E-state index in [9.17, 15) is 4.79 Å². The number of carbonyl (C=O) groups is 1. The summed E-state index contributed by atoms with van der Waals surface area (Å²) in [7, 11) is 0. The molecule has 0 aliphatic carbocycles. The molecule has 6 nitrogen and oxygen atoms in total.